The fourth-order valence-corrected chi connectivity index (χ4v) is 3.75. The Labute approximate surface area is 190 Å². The summed E-state index contributed by atoms with van der Waals surface area (Å²) in [6.45, 7) is 4.22. The Bertz CT molecular complexity index is 1400. The fourth-order valence-electron chi connectivity index (χ4n) is 3.75. The number of imidazole rings is 1. The minimum atomic E-state index is -0.487. The van der Waals surface area contributed by atoms with Crippen LogP contribution in [0.1, 0.15) is 30.2 Å². The molecule has 9 nitrogen and oxygen atoms in total. The van der Waals surface area contributed by atoms with Crippen molar-refractivity contribution in [2.45, 2.75) is 39.8 Å². The first-order valence-electron chi connectivity index (χ1n) is 10.9. The van der Waals surface area contributed by atoms with Gasteiger partial charge in [-0.1, -0.05) is 31.2 Å². The third-order valence-electron chi connectivity index (χ3n) is 5.58. The van der Waals surface area contributed by atoms with E-state index in [-0.39, 0.29) is 36.9 Å². The molecule has 0 unspecified atom stereocenters. The molecule has 3 aromatic heterocycles. The Balaban J connectivity index is 1.94. The maximum Gasteiger partial charge on any atom is 0.332 e. The molecule has 4 aromatic rings. The number of aryl methyl sites for hydroxylation is 3. The molecule has 0 aliphatic rings. The number of rotatable bonds is 8. The number of hydrogen-bond acceptors (Lipinski definition) is 6. The quantitative estimate of drug-likeness (QED) is 0.443. The Morgan fingerprint density at radius 2 is 1.88 bits per heavy atom. The normalized spacial score (nSPS) is 11.3. The first-order chi connectivity index (χ1) is 15.9. The molecule has 0 amide bonds. The first-order valence-corrected chi connectivity index (χ1v) is 10.9. The van der Waals surface area contributed by atoms with Gasteiger partial charge in [-0.2, -0.15) is 4.98 Å². The van der Waals surface area contributed by atoms with Gasteiger partial charge < -0.3 is 9.84 Å². The van der Waals surface area contributed by atoms with Gasteiger partial charge in [-0.3, -0.25) is 23.5 Å². The Hall–Kier alpha value is -3.72. The van der Waals surface area contributed by atoms with Crippen LogP contribution in [0.2, 0.25) is 0 Å². The van der Waals surface area contributed by atoms with Gasteiger partial charge in [0.15, 0.2) is 11.2 Å². The zero-order chi connectivity index (χ0) is 23.5. The van der Waals surface area contributed by atoms with Gasteiger partial charge in [0.2, 0.25) is 0 Å². The maximum atomic E-state index is 13.4. The Morgan fingerprint density at radius 3 is 2.58 bits per heavy atom. The van der Waals surface area contributed by atoms with Crippen molar-refractivity contribution < 1.29 is 9.84 Å². The second-order valence-corrected chi connectivity index (χ2v) is 7.92. The monoisotopic (exact) mass is 449 g/mol. The highest BCUT2D eigenvalue weighted by atomic mass is 16.5. The number of hydrogen-bond donors (Lipinski definition) is 1. The summed E-state index contributed by atoms with van der Waals surface area (Å²) in [6, 6.07) is 11.7. The van der Waals surface area contributed by atoms with Gasteiger partial charge >= 0.3 is 11.7 Å². The topological polar surface area (TPSA) is 104 Å². The number of ether oxygens (including phenoxy) is 1. The van der Waals surface area contributed by atoms with E-state index in [4.69, 9.17) is 4.74 Å². The fraction of sp³-hybridized carbons (Fsp3) is 0.333. The van der Waals surface area contributed by atoms with Gasteiger partial charge in [-0.15, -0.1) is 0 Å². The predicted octanol–water partition coefficient (Wildman–Crippen LogP) is 2.39. The average Bonchev–Trinajstić information content (AvgIpc) is 3.17. The summed E-state index contributed by atoms with van der Waals surface area (Å²) in [4.78, 5) is 35.2. The molecule has 0 fully saturated rings. The summed E-state index contributed by atoms with van der Waals surface area (Å²) in [5, 5.41) is 9.21. The molecule has 1 aromatic carbocycles. The summed E-state index contributed by atoms with van der Waals surface area (Å²) in [5.74, 6) is 0.638. The number of fused-ring (bicyclic) bond motifs is 1. The summed E-state index contributed by atoms with van der Waals surface area (Å²) in [5.41, 5.74) is 2.28. The summed E-state index contributed by atoms with van der Waals surface area (Å²) >= 11 is 0. The predicted molar refractivity (Wildman–Crippen MR) is 125 cm³/mol. The third-order valence-corrected chi connectivity index (χ3v) is 5.58. The summed E-state index contributed by atoms with van der Waals surface area (Å²) in [6.07, 6.45) is 2.82. The standard InChI is InChI=1S/C24H27N5O4/c1-4-17-8-5-6-9-19(17)33-23-26-21-20(29(23)15-18-11-10-16(2)14-25-18)22(31)28(12-7-13-30)24(32)27(21)3/h5-6,8-11,14,30H,4,7,12-13,15H2,1-3H3. The van der Waals surface area contributed by atoms with Crippen LogP contribution < -0.4 is 16.0 Å². The number of aliphatic hydroxyl groups excluding tert-OH is 1. The van der Waals surface area contributed by atoms with E-state index in [0.717, 1.165) is 27.8 Å². The molecule has 9 heteroatoms. The lowest BCUT2D eigenvalue weighted by Crippen LogP contribution is -2.39. The molecule has 3 heterocycles. The molecule has 0 saturated carbocycles. The van der Waals surface area contributed by atoms with Crippen LogP contribution in [0.4, 0.5) is 0 Å². The highest BCUT2D eigenvalue weighted by Gasteiger charge is 2.22. The molecule has 33 heavy (non-hydrogen) atoms. The van der Waals surface area contributed by atoms with Crippen LogP contribution in [0.3, 0.4) is 0 Å². The van der Waals surface area contributed by atoms with Crippen molar-refractivity contribution in [2.24, 2.45) is 7.05 Å². The molecule has 0 aliphatic carbocycles. The molecule has 0 atom stereocenters. The van der Waals surface area contributed by atoms with E-state index in [0.29, 0.717) is 12.2 Å². The van der Waals surface area contributed by atoms with Crippen molar-refractivity contribution in [3.8, 4) is 11.8 Å². The maximum absolute atomic E-state index is 13.4. The number of para-hydroxylation sites is 1. The number of aliphatic hydroxyl groups is 1. The van der Waals surface area contributed by atoms with Gasteiger partial charge in [0.05, 0.1) is 12.2 Å². The van der Waals surface area contributed by atoms with E-state index in [1.165, 1.54) is 4.57 Å². The second-order valence-electron chi connectivity index (χ2n) is 7.92. The van der Waals surface area contributed by atoms with E-state index >= 15 is 0 Å². The van der Waals surface area contributed by atoms with Gasteiger partial charge in [0.25, 0.3) is 5.56 Å². The van der Waals surface area contributed by atoms with Crippen molar-refractivity contribution in [1.29, 1.82) is 0 Å². The van der Waals surface area contributed by atoms with E-state index in [9.17, 15) is 14.7 Å². The zero-order valence-corrected chi connectivity index (χ0v) is 19.0. The van der Waals surface area contributed by atoms with Crippen molar-refractivity contribution in [3.05, 3.63) is 80.3 Å². The third kappa shape index (κ3) is 4.31. The van der Waals surface area contributed by atoms with Crippen LogP contribution >= 0.6 is 0 Å². The molecule has 0 spiro atoms. The molecule has 0 aliphatic heterocycles. The zero-order valence-electron chi connectivity index (χ0n) is 19.0. The van der Waals surface area contributed by atoms with Crippen molar-refractivity contribution in [2.75, 3.05) is 6.61 Å². The number of benzene rings is 1. The van der Waals surface area contributed by atoms with E-state index in [1.807, 2.05) is 50.2 Å². The lowest BCUT2D eigenvalue weighted by atomic mass is 10.1. The second kappa shape index (κ2) is 9.41. The van der Waals surface area contributed by atoms with Crippen LogP contribution in [-0.2, 0) is 26.6 Å². The molecular weight excluding hydrogens is 422 g/mol. The van der Waals surface area contributed by atoms with Crippen LogP contribution in [0, 0.1) is 6.92 Å². The Kier molecular flexibility index (Phi) is 6.41. The minimum Gasteiger partial charge on any atom is -0.425 e. The molecular formula is C24H27N5O4. The smallest absolute Gasteiger partial charge is 0.332 e. The largest absolute Gasteiger partial charge is 0.425 e. The van der Waals surface area contributed by atoms with Crippen LogP contribution in [0.5, 0.6) is 11.8 Å². The van der Waals surface area contributed by atoms with Gasteiger partial charge in [-0.05, 0) is 43.0 Å². The lowest BCUT2D eigenvalue weighted by Gasteiger charge is -2.12. The Morgan fingerprint density at radius 1 is 1.09 bits per heavy atom. The molecule has 0 radical (unpaired) electrons. The molecule has 0 saturated heterocycles. The highest BCUT2D eigenvalue weighted by molar-refractivity contribution is 5.72. The summed E-state index contributed by atoms with van der Waals surface area (Å²) < 4.78 is 10.3. The van der Waals surface area contributed by atoms with Gasteiger partial charge in [0.1, 0.15) is 5.75 Å². The molecule has 4 rings (SSSR count). The molecule has 1 N–H and O–H groups in total. The van der Waals surface area contributed by atoms with E-state index in [2.05, 4.69) is 9.97 Å². The van der Waals surface area contributed by atoms with Crippen LogP contribution in [0.15, 0.2) is 52.2 Å². The SMILES string of the molecule is CCc1ccccc1Oc1nc2c(c(=O)n(CCCO)c(=O)n2C)n1Cc1ccc(C)cn1. The van der Waals surface area contributed by atoms with Crippen molar-refractivity contribution in [1.82, 2.24) is 23.7 Å². The van der Waals surface area contributed by atoms with Gasteiger partial charge in [0, 0.05) is 26.4 Å². The summed E-state index contributed by atoms with van der Waals surface area (Å²) in [7, 11) is 1.57. The number of nitrogens with zero attached hydrogens (tertiary/aromatic N) is 5. The van der Waals surface area contributed by atoms with Crippen LogP contribution in [0.25, 0.3) is 11.2 Å². The molecule has 172 valence electrons. The highest BCUT2D eigenvalue weighted by Crippen LogP contribution is 2.28. The lowest BCUT2D eigenvalue weighted by molar-refractivity contribution is 0.277. The van der Waals surface area contributed by atoms with Crippen molar-refractivity contribution in [3.63, 3.8) is 0 Å². The van der Waals surface area contributed by atoms with E-state index < -0.39 is 11.2 Å². The van der Waals surface area contributed by atoms with Gasteiger partial charge in [-0.25, -0.2) is 4.79 Å². The average molecular weight is 450 g/mol. The van der Waals surface area contributed by atoms with Crippen LogP contribution in [-0.4, -0.2) is 35.4 Å². The number of aromatic nitrogens is 5. The first kappa shape index (κ1) is 22.5. The molecule has 0 bridgehead atoms. The van der Waals surface area contributed by atoms with Crippen molar-refractivity contribution >= 4 is 11.2 Å². The van der Waals surface area contributed by atoms with E-state index in [1.54, 1.807) is 17.8 Å². The number of pyridine rings is 1. The minimum absolute atomic E-state index is 0.112.